The number of carbonyl (C=O) groups excluding carboxylic acids is 1. The Morgan fingerprint density at radius 3 is 2.50 bits per heavy atom. The van der Waals surface area contributed by atoms with Crippen LogP contribution in [0.5, 0.6) is 0 Å². The molecule has 0 bridgehead atoms. The Balaban J connectivity index is 1.35. The highest BCUT2D eigenvalue weighted by Crippen LogP contribution is 2.26. The molecule has 2 aliphatic heterocycles. The van der Waals surface area contributed by atoms with Gasteiger partial charge in [0.25, 0.3) is 0 Å². The van der Waals surface area contributed by atoms with E-state index in [0.717, 1.165) is 63.5 Å². The molecule has 1 N–H and O–H groups in total. The first kappa shape index (κ1) is 19.0. The minimum Gasteiger partial charge on any atom is -0.379 e. The summed E-state index contributed by atoms with van der Waals surface area (Å²) in [4.78, 5) is 17.2. The van der Waals surface area contributed by atoms with Gasteiger partial charge in [0.1, 0.15) is 0 Å². The molecule has 2 amide bonds. The van der Waals surface area contributed by atoms with E-state index in [9.17, 15) is 4.79 Å². The van der Waals surface area contributed by atoms with Crippen molar-refractivity contribution in [1.29, 1.82) is 0 Å². The van der Waals surface area contributed by atoms with Crippen molar-refractivity contribution in [2.75, 3.05) is 44.7 Å². The van der Waals surface area contributed by atoms with E-state index < -0.39 is 0 Å². The van der Waals surface area contributed by atoms with Crippen molar-refractivity contribution in [2.24, 2.45) is 0 Å². The lowest BCUT2D eigenvalue weighted by Gasteiger charge is -2.40. The number of likely N-dealkylation sites (tertiary alicyclic amines) is 1. The fraction of sp³-hybridized carbons (Fsp3) is 0.435. The summed E-state index contributed by atoms with van der Waals surface area (Å²) in [6.45, 7) is 7.43. The second-order valence-electron chi connectivity index (χ2n) is 7.69. The molecule has 0 spiro atoms. The molecule has 0 radical (unpaired) electrons. The Morgan fingerprint density at radius 2 is 1.75 bits per heavy atom. The van der Waals surface area contributed by atoms with E-state index in [4.69, 9.17) is 4.74 Å². The number of ether oxygens (including phenoxy) is 1. The molecule has 2 aliphatic rings. The fourth-order valence-corrected chi connectivity index (χ4v) is 4.24. The van der Waals surface area contributed by atoms with Gasteiger partial charge in [-0.15, -0.1) is 0 Å². The zero-order chi connectivity index (χ0) is 19.3. The maximum Gasteiger partial charge on any atom is 0.321 e. The van der Waals surface area contributed by atoms with Crippen molar-refractivity contribution in [3.05, 3.63) is 54.1 Å². The summed E-state index contributed by atoms with van der Waals surface area (Å²) in [5.74, 6) is 0. The van der Waals surface area contributed by atoms with Crippen LogP contribution in [0.2, 0.25) is 0 Å². The van der Waals surface area contributed by atoms with Crippen LogP contribution < -0.4 is 5.32 Å². The Bertz CT molecular complexity index is 809. The van der Waals surface area contributed by atoms with Gasteiger partial charge in [-0.3, -0.25) is 4.90 Å². The van der Waals surface area contributed by atoms with Crippen molar-refractivity contribution < 1.29 is 9.53 Å². The minimum absolute atomic E-state index is 0.00219. The third-order valence-electron chi connectivity index (χ3n) is 5.88. The molecule has 5 nitrogen and oxygen atoms in total. The van der Waals surface area contributed by atoms with Gasteiger partial charge in [-0.05, 0) is 48.6 Å². The van der Waals surface area contributed by atoms with Gasteiger partial charge in [0.2, 0.25) is 0 Å². The van der Waals surface area contributed by atoms with Gasteiger partial charge in [0.15, 0.2) is 0 Å². The average molecular weight is 380 g/mol. The summed E-state index contributed by atoms with van der Waals surface area (Å²) in [5, 5.41) is 3.09. The fourth-order valence-electron chi connectivity index (χ4n) is 4.24. The van der Waals surface area contributed by atoms with Crippen LogP contribution in [-0.2, 0) is 4.74 Å². The lowest BCUT2D eigenvalue weighted by molar-refractivity contribution is 0.00419. The van der Waals surface area contributed by atoms with E-state index in [1.165, 1.54) is 11.1 Å². The van der Waals surface area contributed by atoms with Crippen LogP contribution in [0, 0.1) is 6.92 Å². The maximum atomic E-state index is 12.7. The van der Waals surface area contributed by atoms with E-state index in [1.54, 1.807) is 0 Å². The number of carbonyl (C=O) groups is 1. The number of urea groups is 1. The predicted molar refractivity (Wildman–Crippen MR) is 113 cm³/mol. The smallest absolute Gasteiger partial charge is 0.321 e. The van der Waals surface area contributed by atoms with E-state index in [0.29, 0.717) is 6.04 Å². The molecular weight excluding hydrogens is 350 g/mol. The van der Waals surface area contributed by atoms with E-state index in [1.807, 2.05) is 29.2 Å². The maximum absolute atomic E-state index is 12.7. The molecule has 0 saturated carbocycles. The lowest BCUT2D eigenvalue weighted by atomic mass is 10.0. The number of anilines is 1. The standard InChI is InChI=1S/C23H29N3O2/c1-18-5-2-3-8-22(18)19-6-4-7-20(17-19)24-23(27)26-11-9-21(10-12-26)25-13-15-28-16-14-25/h2-8,17,21H,9-16H2,1H3,(H,24,27). The Kier molecular flexibility index (Phi) is 5.93. The van der Waals surface area contributed by atoms with Crippen LogP contribution >= 0.6 is 0 Å². The molecule has 0 atom stereocenters. The van der Waals surface area contributed by atoms with E-state index in [-0.39, 0.29) is 6.03 Å². The van der Waals surface area contributed by atoms with Crippen molar-refractivity contribution in [3.63, 3.8) is 0 Å². The molecule has 0 aliphatic carbocycles. The number of amides is 2. The topological polar surface area (TPSA) is 44.8 Å². The molecule has 2 heterocycles. The molecule has 148 valence electrons. The normalized spacial score (nSPS) is 18.8. The number of morpholine rings is 1. The lowest BCUT2D eigenvalue weighted by Crippen LogP contribution is -2.50. The van der Waals surface area contributed by atoms with Gasteiger partial charge >= 0.3 is 6.03 Å². The van der Waals surface area contributed by atoms with Crippen molar-refractivity contribution in [1.82, 2.24) is 9.80 Å². The number of piperidine rings is 1. The number of nitrogens with zero attached hydrogens (tertiary/aromatic N) is 2. The molecule has 2 fully saturated rings. The highest BCUT2D eigenvalue weighted by molar-refractivity contribution is 5.90. The summed E-state index contributed by atoms with van der Waals surface area (Å²) in [6, 6.07) is 17.0. The summed E-state index contributed by atoms with van der Waals surface area (Å²) in [5.41, 5.74) is 4.41. The minimum atomic E-state index is 0.00219. The van der Waals surface area contributed by atoms with Gasteiger partial charge in [-0.1, -0.05) is 36.4 Å². The second kappa shape index (κ2) is 8.76. The quantitative estimate of drug-likeness (QED) is 0.877. The van der Waals surface area contributed by atoms with Gasteiger partial charge in [-0.2, -0.15) is 0 Å². The summed E-state index contributed by atoms with van der Waals surface area (Å²) in [7, 11) is 0. The summed E-state index contributed by atoms with van der Waals surface area (Å²) < 4.78 is 5.45. The van der Waals surface area contributed by atoms with Crippen LogP contribution in [0.25, 0.3) is 11.1 Å². The largest absolute Gasteiger partial charge is 0.379 e. The molecule has 0 unspecified atom stereocenters. The summed E-state index contributed by atoms with van der Waals surface area (Å²) in [6.07, 6.45) is 2.08. The molecule has 2 saturated heterocycles. The molecule has 4 rings (SSSR count). The number of benzene rings is 2. The Hall–Kier alpha value is -2.37. The highest BCUT2D eigenvalue weighted by Gasteiger charge is 2.27. The van der Waals surface area contributed by atoms with Crippen LogP contribution in [-0.4, -0.2) is 61.3 Å². The molecule has 28 heavy (non-hydrogen) atoms. The van der Waals surface area contributed by atoms with Crippen LogP contribution in [0.15, 0.2) is 48.5 Å². The van der Waals surface area contributed by atoms with E-state index >= 15 is 0 Å². The first-order valence-corrected chi connectivity index (χ1v) is 10.2. The third-order valence-corrected chi connectivity index (χ3v) is 5.88. The van der Waals surface area contributed by atoms with Gasteiger partial charge < -0.3 is 15.0 Å². The van der Waals surface area contributed by atoms with Crippen LogP contribution in [0.3, 0.4) is 0 Å². The van der Waals surface area contributed by atoms with Gasteiger partial charge in [0, 0.05) is 37.9 Å². The zero-order valence-corrected chi connectivity index (χ0v) is 16.6. The first-order chi connectivity index (χ1) is 13.7. The van der Waals surface area contributed by atoms with Gasteiger partial charge in [-0.25, -0.2) is 4.79 Å². The van der Waals surface area contributed by atoms with Crippen molar-refractivity contribution >= 4 is 11.7 Å². The molecular formula is C23H29N3O2. The molecule has 2 aromatic rings. The van der Waals surface area contributed by atoms with Crippen molar-refractivity contribution in [3.8, 4) is 11.1 Å². The van der Waals surface area contributed by atoms with Crippen LogP contribution in [0.1, 0.15) is 18.4 Å². The Labute approximate surface area is 167 Å². The second-order valence-corrected chi connectivity index (χ2v) is 7.69. The van der Waals surface area contributed by atoms with Gasteiger partial charge in [0.05, 0.1) is 13.2 Å². The number of hydrogen-bond acceptors (Lipinski definition) is 3. The van der Waals surface area contributed by atoms with Crippen LogP contribution in [0.4, 0.5) is 10.5 Å². The molecule has 0 aromatic heterocycles. The molecule has 2 aromatic carbocycles. The zero-order valence-electron chi connectivity index (χ0n) is 16.6. The number of rotatable bonds is 3. The Morgan fingerprint density at radius 1 is 1.00 bits per heavy atom. The highest BCUT2D eigenvalue weighted by atomic mass is 16.5. The predicted octanol–water partition coefficient (Wildman–Crippen LogP) is 3.99. The van der Waals surface area contributed by atoms with Crippen molar-refractivity contribution in [2.45, 2.75) is 25.8 Å². The van der Waals surface area contributed by atoms with E-state index in [2.05, 4.69) is 41.4 Å². The number of hydrogen-bond donors (Lipinski definition) is 1. The summed E-state index contributed by atoms with van der Waals surface area (Å²) >= 11 is 0. The average Bonchev–Trinajstić information content (AvgIpc) is 2.75. The number of nitrogens with one attached hydrogen (secondary N) is 1. The number of aryl methyl sites for hydroxylation is 1. The monoisotopic (exact) mass is 379 g/mol. The SMILES string of the molecule is Cc1ccccc1-c1cccc(NC(=O)N2CCC(N3CCOCC3)CC2)c1. The first-order valence-electron chi connectivity index (χ1n) is 10.2. The molecule has 5 heteroatoms. The third kappa shape index (κ3) is 4.37.